The highest BCUT2D eigenvalue weighted by atomic mass is 32.2. The van der Waals surface area contributed by atoms with E-state index in [0.29, 0.717) is 17.7 Å². The van der Waals surface area contributed by atoms with Gasteiger partial charge in [-0.25, -0.2) is 8.42 Å². The molecule has 0 amide bonds. The highest BCUT2D eigenvalue weighted by molar-refractivity contribution is 7.90. The van der Waals surface area contributed by atoms with Gasteiger partial charge in [-0.3, -0.25) is 4.79 Å². The Labute approximate surface area is 109 Å². The molecule has 0 bridgehead atoms. The van der Waals surface area contributed by atoms with Crippen molar-refractivity contribution < 1.29 is 13.2 Å². The molecule has 4 heteroatoms. The number of hydrogen-bond donors (Lipinski definition) is 0. The maximum Gasteiger partial charge on any atom is 0.175 e. The third kappa shape index (κ3) is 5.00. The molecule has 1 aromatic carbocycles. The first-order valence-corrected chi connectivity index (χ1v) is 8.13. The summed E-state index contributed by atoms with van der Waals surface area (Å²) in [7, 11) is -3.14. The lowest BCUT2D eigenvalue weighted by Gasteiger charge is -2.04. The van der Waals surface area contributed by atoms with Crippen LogP contribution in [0, 0.1) is 0 Å². The van der Waals surface area contributed by atoms with E-state index < -0.39 is 9.84 Å². The van der Waals surface area contributed by atoms with Crippen molar-refractivity contribution in [3.05, 3.63) is 29.8 Å². The van der Waals surface area contributed by atoms with E-state index in [1.807, 2.05) is 13.0 Å². The minimum Gasteiger partial charge on any atom is -0.300 e. The molecule has 1 aromatic rings. The van der Waals surface area contributed by atoms with Crippen LogP contribution < -0.4 is 0 Å². The first-order chi connectivity index (χ1) is 8.43. The second-order valence-corrected chi connectivity index (χ2v) is 6.58. The number of ketones is 1. The summed E-state index contributed by atoms with van der Waals surface area (Å²) in [6.07, 6.45) is 4.85. The molecule has 0 N–H and O–H groups in total. The monoisotopic (exact) mass is 268 g/mol. The number of rotatable bonds is 7. The molecule has 3 nitrogen and oxygen atoms in total. The van der Waals surface area contributed by atoms with Gasteiger partial charge >= 0.3 is 0 Å². The topological polar surface area (TPSA) is 51.2 Å². The van der Waals surface area contributed by atoms with Crippen LogP contribution in [0.4, 0.5) is 0 Å². The van der Waals surface area contributed by atoms with Gasteiger partial charge in [0.05, 0.1) is 4.90 Å². The first kappa shape index (κ1) is 14.9. The average Bonchev–Trinajstić information content (AvgIpc) is 2.29. The van der Waals surface area contributed by atoms with Gasteiger partial charge in [0.25, 0.3) is 0 Å². The van der Waals surface area contributed by atoms with Gasteiger partial charge in [-0.2, -0.15) is 0 Å². The van der Waals surface area contributed by atoms with Crippen molar-refractivity contribution >= 4 is 15.6 Å². The number of aryl methyl sites for hydroxylation is 1. The molecule has 0 atom stereocenters. The Morgan fingerprint density at radius 3 is 2.56 bits per heavy atom. The fraction of sp³-hybridized carbons (Fsp3) is 0.500. The van der Waals surface area contributed by atoms with Gasteiger partial charge in [0.15, 0.2) is 9.84 Å². The summed E-state index contributed by atoms with van der Waals surface area (Å²) >= 11 is 0. The van der Waals surface area contributed by atoms with Gasteiger partial charge in [0.1, 0.15) is 5.78 Å². The molecular formula is C14H20O3S. The van der Waals surface area contributed by atoms with Gasteiger partial charge < -0.3 is 0 Å². The number of Topliss-reactive ketones (excluding diaryl/α,β-unsaturated/α-hetero) is 1. The van der Waals surface area contributed by atoms with E-state index in [1.54, 1.807) is 18.2 Å². The molecule has 18 heavy (non-hydrogen) atoms. The minimum atomic E-state index is -3.14. The molecule has 0 spiro atoms. The predicted molar refractivity (Wildman–Crippen MR) is 72.4 cm³/mol. The maximum absolute atomic E-state index is 11.4. The summed E-state index contributed by atoms with van der Waals surface area (Å²) < 4.78 is 22.8. The molecule has 0 aromatic heterocycles. The van der Waals surface area contributed by atoms with Gasteiger partial charge in [-0.15, -0.1) is 0 Å². The summed E-state index contributed by atoms with van der Waals surface area (Å²) in [6.45, 7) is 1.99. The fourth-order valence-electron chi connectivity index (χ4n) is 1.83. The molecule has 0 aliphatic carbocycles. The van der Waals surface area contributed by atoms with Crippen LogP contribution in [-0.2, 0) is 21.1 Å². The smallest absolute Gasteiger partial charge is 0.175 e. The summed E-state index contributed by atoms with van der Waals surface area (Å²) in [6, 6.07) is 6.94. The number of carbonyl (C=O) groups excluding carboxylic acids is 1. The van der Waals surface area contributed by atoms with E-state index in [4.69, 9.17) is 0 Å². The summed E-state index contributed by atoms with van der Waals surface area (Å²) in [5.41, 5.74) is 0.974. The van der Waals surface area contributed by atoms with Crippen LogP contribution in [0.3, 0.4) is 0 Å². The van der Waals surface area contributed by atoms with Crippen LogP contribution in [-0.4, -0.2) is 20.5 Å². The minimum absolute atomic E-state index is 0.289. The molecule has 0 aliphatic heterocycles. The van der Waals surface area contributed by atoms with Crippen LogP contribution in [0.15, 0.2) is 29.2 Å². The maximum atomic E-state index is 11.4. The summed E-state index contributed by atoms with van der Waals surface area (Å²) in [5, 5.41) is 0. The van der Waals surface area contributed by atoms with Crippen molar-refractivity contribution in [1.29, 1.82) is 0 Å². The zero-order chi connectivity index (χ0) is 13.6. The molecular weight excluding hydrogens is 248 g/mol. The van der Waals surface area contributed by atoms with Crippen molar-refractivity contribution in [3.63, 3.8) is 0 Å². The third-order valence-corrected chi connectivity index (χ3v) is 3.89. The van der Waals surface area contributed by atoms with Gasteiger partial charge in [0, 0.05) is 19.1 Å². The van der Waals surface area contributed by atoms with Gasteiger partial charge in [-0.05, 0) is 37.0 Å². The molecule has 0 heterocycles. The Hall–Kier alpha value is -1.16. The molecule has 0 unspecified atom stereocenters. The van der Waals surface area contributed by atoms with Crippen LogP contribution in [0.2, 0.25) is 0 Å². The van der Waals surface area contributed by atoms with Crippen molar-refractivity contribution in [3.8, 4) is 0 Å². The zero-order valence-corrected chi connectivity index (χ0v) is 11.8. The molecule has 100 valence electrons. The second kappa shape index (κ2) is 6.69. The zero-order valence-electron chi connectivity index (χ0n) is 11.0. The third-order valence-electron chi connectivity index (χ3n) is 2.78. The molecule has 1 rings (SSSR count). The van der Waals surface area contributed by atoms with Crippen molar-refractivity contribution in [2.75, 3.05) is 6.26 Å². The quantitative estimate of drug-likeness (QED) is 0.764. The molecule has 0 aliphatic rings. The molecule has 0 fully saturated rings. The Bertz CT molecular complexity index is 504. The molecule has 0 radical (unpaired) electrons. The predicted octanol–water partition coefficient (Wildman–Crippen LogP) is 2.78. The normalized spacial score (nSPS) is 11.4. The highest BCUT2D eigenvalue weighted by Crippen LogP contribution is 2.13. The largest absolute Gasteiger partial charge is 0.300 e. The van der Waals surface area contributed by atoms with Gasteiger partial charge in [-0.1, -0.05) is 19.1 Å². The SMILES string of the molecule is CCCC(=O)CCCc1cccc(S(C)(=O)=O)c1. The Kier molecular flexibility index (Phi) is 5.54. The summed E-state index contributed by atoms with van der Waals surface area (Å²) in [5.74, 6) is 0.289. The van der Waals surface area contributed by atoms with Crippen LogP contribution in [0.5, 0.6) is 0 Å². The standard InChI is InChI=1S/C14H20O3S/c1-3-6-13(15)9-4-7-12-8-5-10-14(11-12)18(2,16)17/h5,8,10-11H,3-4,6-7,9H2,1-2H3. The lowest BCUT2D eigenvalue weighted by Crippen LogP contribution is -2.00. The van der Waals surface area contributed by atoms with E-state index in [0.717, 1.165) is 24.8 Å². The van der Waals surface area contributed by atoms with E-state index in [1.165, 1.54) is 6.26 Å². The molecule has 0 saturated heterocycles. The van der Waals surface area contributed by atoms with Crippen LogP contribution in [0.1, 0.15) is 38.2 Å². The Morgan fingerprint density at radius 1 is 1.22 bits per heavy atom. The van der Waals surface area contributed by atoms with Crippen molar-refractivity contribution in [2.45, 2.75) is 43.9 Å². The lowest BCUT2D eigenvalue weighted by atomic mass is 10.0. The fourth-order valence-corrected chi connectivity index (χ4v) is 2.52. The Balaban J connectivity index is 2.56. The van der Waals surface area contributed by atoms with E-state index in [-0.39, 0.29) is 5.78 Å². The highest BCUT2D eigenvalue weighted by Gasteiger charge is 2.07. The van der Waals surface area contributed by atoms with E-state index >= 15 is 0 Å². The number of hydrogen-bond acceptors (Lipinski definition) is 3. The second-order valence-electron chi connectivity index (χ2n) is 4.56. The number of sulfone groups is 1. The van der Waals surface area contributed by atoms with E-state index in [2.05, 4.69) is 0 Å². The van der Waals surface area contributed by atoms with E-state index in [9.17, 15) is 13.2 Å². The van der Waals surface area contributed by atoms with Crippen molar-refractivity contribution in [2.24, 2.45) is 0 Å². The number of benzene rings is 1. The van der Waals surface area contributed by atoms with Gasteiger partial charge in [0.2, 0.25) is 0 Å². The Morgan fingerprint density at radius 2 is 1.94 bits per heavy atom. The lowest BCUT2D eigenvalue weighted by molar-refractivity contribution is -0.119. The first-order valence-electron chi connectivity index (χ1n) is 6.24. The summed E-state index contributed by atoms with van der Waals surface area (Å²) in [4.78, 5) is 11.7. The molecule has 0 saturated carbocycles. The van der Waals surface area contributed by atoms with Crippen LogP contribution >= 0.6 is 0 Å². The average molecular weight is 268 g/mol. The number of carbonyl (C=O) groups is 1. The van der Waals surface area contributed by atoms with Crippen molar-refractivity contribution in [1.82, 2.24) is 0 Å². The van der Waals surface area contributed by atoms with Crippen LogP contribution in [0.25, 0.3) is 0 Å².